The Morgan fingerprint density at radius 1 is 1.55 bits per heavy atom. The topological polar surface area (TPSA) is 90.4 Å². The Balaban J connectivity index is 0.00000200. The lowest BCUT2D eigenvalue weighted by molar-refractivity contribution is -0.119. The van der Waals surface area contributed by atoms with E-state index in [4.69, 9.17) is 14.9 Å². The molecule has 0 aliphatic rings. The Labute approximate surface area is 123 Å². The van der Waals surface area contributed by atoms with Gasteiger partial charge in [0, 0.05) is 25.3 Å². The minimum absolute atomic E-state index is 0. The van der Waals surface area contributed by atoms with Crippen molar-refractivity contribution < 1.29 is 13.9 Å². The van der Waals surface area contributed by atoms with Crippen LogP contribution in [0.2, 0.25) is 0 Å². The first-order valence-corrected chi connectivity index (χ1v) is 6.03. The number of nitrogens with one attached hydrogen (secondary N) is 1. The quantitative estimate of drug-likeness (QED) is 0.880. The van der Waals surface area contributed by atoms with Gasteiger partial charge in [0.25, 0.3) is 0 Å². The molecule has 110 valence electrons. The van der Waals surface area contributed by atoms with Crippen LogP contribution in [0.5, 0.6) is 0 Å². The normalized spacial score (nSPS) is 11.9. The number of nitrogens with two attached hydrogens (primary N) is 1. The maximum Gasteiger partial charge on any atom is 0.228 e. The molecular weight excluding hydrogens is 282 g/mol. The summed E-state index contributed by atoms with van der Waals surface area (Å²) in [7, 11) is 1.58. The van der Waals surface area contributed by atoms with Gasteiger partial charge in [-0.25, -0.2) is 4.98 Å². The molecule has 1 unspecified atom stereocenters. The zero-order valence-corrected chi connectivity index (χ0v) is 12.2. The average molecular weight is 300 g/mol. The number of methoxy groups -OCH3 is 1. The van der Waals surface area contributed by atoms with E-state index in [-0.39, 0.29) is 24.2 Å². The highest BCUT2D eigenvalue weighted by Crippen LogP contribution is 2.20. The van der Waals surface area contributed by atoms with Crippen LogP contribution in [0.1, 0.15) is 12.8 Å². The highest BCUT2D eigenvalue weighted by Gasteiger charge is 2.12. The van der Waals surface area contributed by atoms with E-state index in [2.05, 4.69) is 10.3 Å². The van der Waals surface area contributed by atoms with Gasteiger partial charge in [0.15, 0.2) is 5.58 Å². The van der Waals surface area contributed by atoms with Crippen molar-refractivity contribution in [2.45, 2.75) is 13.5 Å². The second kappa shape index (κ2) is 7.23. The number of rotatable bonds is 5. The van der Waals surface area contributed by atoms with Crippen LogP contribution in [0, 0.1) is 5.92 Å². The van der Waals surface area contributed by atoms with E-state index in [0.717, 1.165) is 0 Å². The maximum absolute atomic E-state index is 11.7. The summed E-state index contributed by atoms with van der Waals surface area (Å²) in [4.78, 5) is 16.0. The van der Waals surface area contributed by atoms with Crippen LogP contribution in [0.4, 0.5) is 5.69 Å². The third kappa shape index (κ3) is 3.69. The van der Waals surface area contributed by atoms with Crippen LogP contribution in [-0.4, -0.2) is 24.5 Å². The molecule has 0 radical (unpaired) electrons. The number of hydrogen-bond acceptors (Lipinski definition) is 5. The lowest BCUT2D eigenvalue weighted by Crippen LogP contribution is -2.26. The highest BCUT2D eigenvalue weighted by atomic mass is 35.5. The molecule has 20 heavy (non-hydrogen) atoms. The van der Waals surface area contributed by atoms with E-state index in [1.54, 1.807) is 32.2 Å². The van der Waals surface area contributed by atoms with Crippen molar-refractivity contribution in [3.8, 4) is 0 Å². The third-order valence-electron chi connectivity index (χ3n) is 2.77. The van der Waals surface area contributed by atoms with E-state index in [0.29, 0.717) is 35.8 Å². The molecule has 0 aliphatic carbocycles. The number of hydrogen-bond donors (Lipinski definition) is 2. The van der Waals surface area contributed by atoms with Crippen LogP contribution in [0.25, 0.3) is 11.1 Å². The predicted molar refractivity (Wildman–Crippen MR) is 78.8 cm³/mol. The average Bonchev–Trinajstić information content (AvgIpc) is 2.79. The lowest BCUT2D eigenvalue weighted by Gasteiger charge is -2.09. The van der Waals surface area contributed by atoms with Crippen molar-refractivity contribution in [1.29, 1.82) is 0 Å². The summed E-state index contributed by atoms with van der Waals surface area (Å²) in [5.74, 6) is 0.177. The van der Waals surface area contributed by atoms with Crippen LogP contribution in [0.3, 0.4) is 0 Å². The SMILES string of the molecule is COCc1nc2cc(NC(=O)C(C)CN)ccc2o1.Cl. The third-order valence-corrected chi connectivity index (χ3v) is 2.77. The van der Waals surface area contributed by atoms with Crippen molar-refractivity contribution in [3.63, 3.8) is 0 Å². The molecule has 1 aromatic heterocycles. The standard InChI is InChI=1S/C13H17N3O3.ClH/c1-8(6-14)13(17)15-9-3-4-11-10(5-9)16-12(19-11)7-18-2;/h3-5,8H,6-7,14H2,1-2H3,(H,15,17);1H. The smallest absolute Gasteiger partial charge is 0.228 e. The number of oxazole rings is 1. The molecule has 1 aromatic carbocycles. The molecule has 0 saturated carbocycles. The Morgan fingerprint density at radius 3 is 2.95 bits per heavy atom. The zero-order valence-electron chi connectivity index (χ0n) is 11.4. The van der Waals surface area contributed by atoms with E-state index < -0.39 is 0 Å². The van der Waals surface area contributed by atoms with Crippen LogP contribution >= 0.6 is 12.4 Å². The van der Waals surface area contributed by atoms with Crippen molar-refractivity contribution in [1.82, 2.24) is 4.98 Å². The molecule has 0 saturated heterocycles. The van der Waals surface area contributed by atoms with Crippen molar-refractivity contribution in [3.05, 3.63) is 24.1 Å². The number of carbonyl (C=O) groups excluding carboxylic acids is 1. The maximum atomic E-state index is 11.7. The second-order valence-corrected chi connectivity index (χ2v) is 4.35. The van der Waals surface area contributed by atoms with Gasteiger partial charge in [0.2, 0.25) is 11.8 Å². The monoisotopic (exact) mass is 299 g/mol. The fourth-order valence-electron chi connectivity index (χ4n) is 1.61. The summed E-state index contributed by atoms with van der Waals surface area (Å²) in [5, 5.41) is 2.79. The Hall–Kier alpha value is -1.63. The molecule has 3 N–H and O–H groups in total. The van der Waals surface area contributed by atoms with Gasteiger partial charge in [-0.3, -0.25) is 4.79 Å². The van der Waals surface area contributed by atoms with Gasteiger partial charge in [-0.1, -0.05) is 6.92 Å². The first kappa shape index (κ1) is 16.4. The first-order valence-electron chi connectivity index (χ1n) is 6.03. The molecular formula is C13H18ClN3O3. The summed E-state index contributed by atoms with van der Waals surface area (Å²) in [6.45, 7) is 2.41. The van der Waals surface area contributed by atoms with Crippen LogP contribution in [-0.2, 0) is 16.1 Å². The number of fused-ring (bicyclic) bond motifs is 1. The van der Waals surface area contributed by atoms with E-state index in [1.165, 1.54) is 0 Å². The molecule has 2 rings (SSSR count). The van der Waals surface area contributed by atoms with Crippen molar-refractivity contribution in [2.75, 3.05) is 19.0 Å². The van der Waals surface area contributed by atoms with E-state index in [9.17, 15) is 4.79 Å². The number of amides is 1. The molecule has 0 spiro atoms. The van der Waals surface area contributed by atoms with Crippen molar-refractivity contribution >= 4 is 35.1 Å². The number of ether oxygens (including phenoxy) is 1. The van der Waals surface area contributed by atoms with Gasteiger partial charge in [-0.05, 0) is 18.2 Å². The molecule has 1 atom stereocenters. The number of benzene rings is 1. The molecule has 1 heterocycles. The molecule has 2 aromatic rings. The molecule has 7 heteroatoms. The van der Waals surface area contributed by atoms with Gasteiger partial charge >= 0.3 is 0 Å². The van der Waals surface area contributed by atoms with Crippen molar-refractivity contribution in [2.24, 2.45) is 11.7 Å². The van der Waals surface area contributed by atoms with Gasteiger partial charge in [0.1, 0.15) is 12.1 Å². The summed E-state index contributed by atoms with van der Waals surface area (Å²) in [6.07, 6.45) is 0. The summed E-state index contributed by atoms with van der Waals surface area (Å²) >= 11 is 0. The number of anilines is 1. The lowest BCUT2D eigenvalue weighted by atomic mass is 10.1. The number of carbonyl (C=O) groups is 1. The zero-order chi connectivity index (χ0) is 13.8. The first-order chi connectivity index (χ1) is 9.13. The molecule has 1 amide bonds. The number of halogens is 1. The minimum Gasteiger partial charge on any atom is -0.438 e. The van der Waals surface area contributed by atoms with Gasteiger partial charge in [-0.2, -0.15) is 0 Å². The minimum atomic E-state index is -0.225. The van der Waals surface area contributed by atoms with Gasteiger partial charge in [0.05, 0.1) is 0 Å². The highest BCUT2D eigenvalue weighted by molar-refractivity contribution is 5.94. The number of nitrogens with zero attached hydrogens (tertiary/aromatic N) is 1. The molecule has 0 fully saturated rings. The fourth-order valence-corrected chi connectivity index (χ4v) is 1.61. The van der Waals surface area contributed by atoms with Crippen LogP contribution < -0.4 is 11.1 Å². The Kier molecular flexibility index (Phi) is 5.94. The van der Waals surface area contributed by atoms with Gasteiger partial charge in [-0.15, -0.1) is 12.4 Å². The van der Waals surface area contributed by atoms with Crippen LogP contribution in [0.15, 0.2) is 22.6 Å². The molecule has 0 aliphatic heterocycles. The molecule has 0 bridgehead atoms. The van der Waals surface area contributed by atoms with Gasteiger partial charge < -0.3 is 20.2 Å². The summed E-state index contributed by atoms with van der Waals surface area (Å²) < 4.78 is 10.4. The fraction of sp³-hybridized carbons (Fsp3) is 0.385. The molecule has 6 nitrogen and oxygen atoms in total. The largest absolute Gasteiger partial charge is 0.438 e. The predicted octanol–water partition coefficient (Wildman–Crippen LogP) is 1.93. The summed E-state index contributed by atoms with van der Waals surface area (Å²) in [6, 6.07) is 5.30. The second-order valence-electron chi connectivity index (χ2n) is 4.35. The Morgan fingerprint density at radius 2 is 2.30 bits per heavy atom. The van der Waals surface area contributed by atoms with E-state index in [1.807, 2.05) is 0 Å². The number of aromatic nitrogens is 1. The summed E-state index contributed by atoms with van der Waals surface area (Å²) in [5.41, 5.74) is 7.48. The van der Waals surface area contributed by atoms with E-state index >= 15 is 0 Å². The Bertz CT molecular complexity index is 585.